The molecule has 114 valence electrons. The van der Waals surface area contributed by atoms with Crippen LogP contribution in [0.2, 0.25) is 0 Å². The van der Waals surface area contributed by atoms with Crippen molar-refractivity contribution in [1.82, 2.24) is 9.88 Å². The Bertz CT molecular complexity index is 536. The fourth-order valence-electron chi connectivity index (χ4n) is 2.82. The molecule has 1 unspecified atom stereocenters. The summed E-state index contributed by atoms with van der Waals surface area (Å²) in [4.78, 5) is 30.1. The van der Waals surface area contributed by atoms with Crippen LogP contribution < -0.4 is 5.32 Å². The molecule has 1 aliphatic carbocycles. The largest absolute Gasteiger partial charge is 0.431 e. The molecule has 1 aliphatic heterocycles. The van der Waals surface area contributed by atoms with Crippen LogP contribution in [-0.4, -0.2) is 34.3 Å². The number of likely N-dealkylation sites (tertiary alicyclic amines) is 1. The van der Waals surface area contributed by atoms with Crippen molar-refractivity contribution < 1.29 is 14.0 Å². The van der Waals surface area contributed by atoms with Crippen LogP contribution in [0.3, 0.4) is 0 Å². The number of aromatic nitrogens is 1. The molecule has 1 aromatic rings. The zero-order valence-corrected chi connectivity index (χ0v) is 12.3. The predicted molar refractivity (Wildman–Crippen MR) is 76.8 cm³/mol. The summed E-state index contributed by atoms with van der Waals surface area (Å²) in [6.07, 6.45) is 7.39. The predicted octanol–water partition coefficient (Wildman–Crippen LogP) is 2.43. The van der Waals surface area contributed by atoms with Gasteiger partial charge in [0.2, 0.25) is 5.91 Å². The number of hydrogen-bond donors (Lipinski definition) is 1. The Hall–Kier alpha value is -1.85. The summed E-state index contributed by atoms with van der Waals surface area (Å²) in [7, 11) is 0. The summed E-state index contributed by atoms with van der Waals surface area (Å²) in [5, 5.41) is 2.62. The number of anilines is 1. The molecule has 1 aromatic heterocycles. The second-order valence-corrected chi connectivity index (χ2v) is 5.86. The van der Waals surface area contributed by atoms with E-state index in [-0.39, 0.29) is 35.5 Å². The molecule has 2 amide bonds. The Morgan fingerprint density at radius 2 is 2.19 bits per heavy atom. The highest BCUT2D eigenvalue weighted by molar-refractivity contribution is 5.95. The summed E-state index contributed by atoms with van der Waals surface area (Å²) in [6.45, 7) is 2.87. The van der Waals surface area contributed by atoms with Gasteiger partial charge in [0.25, 0.3) is 5.91 Å². The SMILES string of the molecule is CCC1CCCCN1C(=O)c1coc(NC(=O)C2CC2)n1. The van der Waals surface area contributed by atoms with E-state index < -0.39 is 0 Å². The molecule has 6 nitrogen and oxygen atoms in total. The van der Waals surface area contributed by atoms with Gasteiger partial charge in [0.05, 0.1) is 0 Å². The number of nitrogens with zero attached hydrogens (tertiary/aromatic N) is 2. The van der Waals surface area contributed by atoms with Crippen LogP contribution in [0.15, 0.2) is 10.7 Å². The molecule has 6 heteroatoms. The molecule has 1 saturated heterocycles. The summed E-state index contributed by atoms with van der Waals surface area (Å²) in [5.74, 6) is -0.0832. The normalized spacial score (nSPS) is 22.1. The molecule has 21 heavy (non-hydrogen) atoms. The summed E-state index contributed by atoms with van der Waals surface area (Å²) in [6, 6.07) is 0.410. The van der Waals surface area contributed by atoms with Crippen molar-refractivity contribution in [3.05, 3.63) is 12.0 Å². The molecule has 0 radical (unpaired) electrons. The smallest absolute Gasteiger partial charge is 0.302 e. The van der Waals surface area contributed by atoms with Crippen LogP contribution in [0.25, 0.3) is 0 Å². The van der Waals surface area contributed by atoms with Gasteiger partial charge < -0.3 is 9.32 Å². The second-order valence-electron chi connectivity index (χ2n) is 5.86. The Morgan fingerprint density at radius 3 is 2.90 bits per heavy atom. The molecule has 1 atom stereocenters. The van der Waals surface area contributed by atoms with Crippen LogP contribution in [0.4, 0.5) is 6.01 Å². The first kappa shape index (κ1) is 14.1. The molecule has 2 fully saturated rings. The Kier molecular flexibility index (Phi) is 3.94. The maximum atomic E-state index is 12.5. The van der Waals surface area contributed by atoms with Crippen LogP contribution >= 0.6 is 0 Å². The first-order valence-corrected chi connectivity index (χ1v) is 7.76. The van der Waals surface area contributed by atoms with E-state index in [1.807, 2.05) is 4.90 Å². The van der Waals surface area contributed by atoms with E-state index in [1.54, 1.807) is 0 Å². The molecule has 0 bridgehead atoms. The Balaban J connectivity index is 1.66. The molecular weight excluding hydrogens is 270 g/mol. The second kappa shape index (κ2) is 5.87. The lowest BCUT2D eigenvalue weighted by Gasteiger charge is -2.34. The van der Waals surface area contributed by atoms with Crippen molar-refractivity contribution in [2.24, 2.45) is 5.92 Å². The van der Waals surface area contributed by atoms with Gasteiger partial charge in [-0.25, -0.2) is 0 Å². The van der Waals surface area contributed by atoms with Gasteiger partial charge in [-0.3, -0.25) is 14.9 Å². The third-order valence-corrected chi connectivity index (χ3v) is 4.26. The van der Waals surface area contributed by atoms with Gasteiger partial charge in [0.15, 0.2) is 5.69 Å². The average Bonchev–Trinajstić information content (AvgIpc) is 3.27. The van der Waals surface area contributed by atoms with Crippen LogP contribution in [-0.2, 0) is 4.79 Å². The minimum absolute atomic E-state index is 0.0692. The first-order chi connectivity index (χ1) is 10.2. The maximum absolute atomic E-state index is 12.5. The molecular formula is C15H21N3O3. The van der Waals surface area contributed by atoms with Crippen molar-refractivity contribution in [2.75, 3.05) is 11.9 Å². The van der Waals surface area contributed by atoms with Gasteiger partial charge in [0.1, 0.15) is 6.26 Å². The fourth-order valence-corrected chi connectivity index (χ4v) is 2.82. The molecule has 1 saturated carbocycles. The third-order valence-electron chi connectivity index (χ3n) is 4.26. The number of amides is 2. The number of carbonyl (C=O) groups is 2. The van der Waals surface area contributed by atoms with Crippen molar-refractivity contribution in [3.63, 3.8) is 0 Å². The molecule has 2 heterocycles. The first-order valence-electron chi connectivity index (χ1n) is 7.76. The zero-order chi connectivity index (χ0) is 14.8. The highest BCUT2D eigenvalue weighted by Gasteiger charge is 2.31. The topological polar surface area (TPSA) is 75.4 Å². The maximum Gasteiger partial charge on any atom is 0.302 e. The van der Waals surface area contributed by atoms with Crippen LogP contribution in [0, 0.1) is 5.92 Å². The van der Waals surface area contributed by atoms with Gasteiger partial charge >= 0.3 is 6.01 Å². The number of rotatable bonds is 4. The molecule has 1 N–H and O–H groups in total. The minimum atomic E-state index is -0.0998. The van der Waals surface area contributed by atoms with Gasteiger partial charge in [-0.05, 0) is 38.5 Å². The Labute approximate surface area is 123 Å². The van der Waals surface area contributed by atoms with Crippen LogP contribution in [0.5, 0.6) is 0 Å². The van der Waals surface area contributed by atoms with Gasteiger partial charge in [0, 0.05) is 18.5 Å². The fraction of sp³-hybridized carbons (Fsp3) is 0.667. The summed E-state index contributed by atoms with van der Waals surface area (Å²) >= 11 is 0. The lowest BCUT2D eigenvalue weighted by Crippen LogP contribution is -2.43. The standard InChI is InChI=1S/C15H21N3O3/c1-2-11-5-3-4-8-18(11)14(20)12-9-21-15(16-12)17-13(19)10-6-7-10/h9-11H,2-8H2,1H3,(H,16,17,19). The van der Waals surface area contributed by atoms with Crippen molar-refractivity contribution in [1.29, 1.82) is 0 Å². The molecule has 0 aromatic carbocycles. The van der Waals surface area contributed by atoms with Crippen molar-refractivity contribution >= 4 is 17.8 Å². The number of oxazole rings is 1. The number of piperidine rings is 1. The summed E-state index contributed by atoms with van der Waals surface area (Å²) < 4.78 is 5.20. The van der Waals surface area contributed by atoms with Crippen molar-refractivity contribution in [2.45, 2.75) is 51.5 Å². The highest BCUT2D eigenvalue weighted by atomic mass is 16.4. The minimum Gasteiger partial charge on any atom is -0.431 e. The molecule has 0 spiro atoms. The van der Waals surface area contributed by atoms with Gasteiger partial charge in [-0.2, -0.15) is 4.98 Å². The zero-order valence-electron chi connectivity index (χ0n) is 12.3. The van der Waals surface area contributed by atoms with E-state index in [9.17, 15) is 9.59 Å². The van der Waals surface area contributed by atoms with E-state index in [2.05, 4.69) is 17.2 Å². The van der Waals surface area contributed by atoms with Crippen molar-refractivity contribution in [3.8, 4) is 0 Å². The number of hydrogen-bond acceptors (Lipinski definition) is 4. The van der Waals surface area contributed by atoms with E-state index in [0.717, 1.165) is 38.6 Å². The van der Waals surface area contributed by atoms with E-state index >= 15 is 0 Å². The summed E-state index contributed by atoms with van der Waals surface area (Å²) in [5.41, 5.74) is 0.279. The molecule has 3 rings (SSSR count). The van der Waals surface area contributed by atoms with Crippen LogP contribution in [0.1, 0.15) is 55.9 Å². The average molecular weight is 291 g/mol. The highest BCUT2D eigenvalue weighted by Crippen LogP contribution is 2.30. The number of nitrogens with one attached hydrogen (secondary N) is 1. The van der Waals surface area contributed by atoms with E-state index in [4.69, 9.17) is 4.42 Å². The molecule has 2 aliphatic rings. The van der Waals surface area contributed by atoms with E-state index in [0.29, 0.717) is 0 Å². The third kappa shape index (κ3) is 3.09. The lowest BCUT2D eigenvalue weighted by atomic mass is 10.00. The monoisotopic (exact) mass is 291 g/mol. The van der Waals surface area contributed by atoms with Gasteiger partial charge in [-0.1, -0.05) is 6.92 Å². The Morgan fingerprint density at radius 1 is 1.38 bits per heavy atom. The number of carbonyl (C=O) groups excluding carboxylic acids is 2. The lowest BCUT2D eigenvalue weighted by molar-refractivity contribution is -0.117. The van der Waals surface area contributed by atoms with Gasteiger partial charge in [-0.15, -0.1) is 0 Å². The van der Waals surface area contributed by atoms with E-state index in [1.165, 1.54) is 12.7 Å². The quantitative estimate of drug-likeness (QED) is 0.924.